The zero-order chi connectivity index (χ0) is 31.1. The Kier molecular flexibility index (Phi) is 9.56. The number of hydrogen-bond donors (Lipinski definition) is 5. The van der Waals surface area contributed by atoms with Crippen molar-refractivity contribution in [3.63, 3.8) is 0 Å². The van der Waals surface area contributed by atoms with Crippen molar-refractivity contribution >= 4 is 38.8 Å². The van der Waals surface area contributed by atoms with Crippen molar-refractivity contribution in [2.24, 2.45) is 4.99 Å². The molecule has 1 atom stereocenters. The van der Waals surface area contributed by atoms with Gasteiger partial charge in [0.05, 0.1) is 29.8 Å². The van der Waals surface area contributed by atoms with Gasteiger partial charge in [0, 0.05) is 30.6 Å². The molecule has 2 heterocycles. The number of rotatable bonds is 12. The number of sulfonamides is 1. The molecule has 3 aromatic carbocycles. The Labute approximate surface area is 255 Å². The van der Waals surface area contributed by atoms with Gasteiger partial charge in [0.25, 0.3) is 5.91 Å². The standard InChI is InChI=1S/C31H35N7O5S/c1-20-15-24(22-7-4-3-5-8-22)16-21(2)28(20)44(41,42)38-27(30(40)43-14-6-11-32-31-33-12-13-34-31)19-35-29(39)23-9-10-26-25(17-23)18-36-37-26/h3-5,7-10,15-18,27,38H,6,11-14,19H2,1-2H3,(H,35,39)(H,36,37)(H2,32,33,34). The van der Waals surface area contributed by atoms with Gasteiger partial charge < -0.3 is 20.7 Å². The van der Waals surface area contributed by atoms with Crippen LogP contribution in [0.2, 0.25) is 0 Å². The summed E-state index contributed by atoms with van der Waals surface area (Å²) in [5.74, 6) is -0.576. The van der Waals surface area contributed by atoms with E-state index in [1.807, 2.05) is 30.3 Å². The molecule has 0 spiro atoms. The van der Waals surface area contributed by atoms with Crippen LogP contribution in [0.15, 0.2) is 76.7 Å². The van der Waals surface area contributed by atoms with Crippen LogP contribution in [0.4, 0.5) is 0 Å². The molecule has 1 aromatic heterocycles. The molecule has 5 rings (SSSR count). The molecular formula is C31H35N7O5S. The SMILES string of the molecule is Cc1cc(-c2ccccc2)cc(C)c1S(=O)(=O)NC(CNC(=O)c1ccc2[nH]ncc2c1)C(=O)OCCCNC1=NCCN1. The Balaban J connectivity index is 1.30. The van der Waals surface area contributed by atoms with Gasteiger partial charge in [0.1, 0.15) is 6.04 Å². The molecule has 5 N–H and O–H groups in total. The van der Waals surface area contributed by atoms with Gasteiger partial charge in [-0.25, -0.2) is 8.42 Å². The smallest absolute Gasteiger partial charge is 0.326 e. The summed E-state index contributed by atoms with van der Waals surface area (Å²) in [5.41, 5.74) is 3.99. The monoisotopic (exact) mass is 617 g/mol. The van der Waals surface area contributed by atoms with E-state index < -0.39 is 27.9 Å². The molecule has 0 bridgehead atoms. The van der Waals surface area contributed by atoms with Gasteiger partial charge >= 0.3 is 5.97 Å². The topological polar surface area (TPSA) is 167 Å². The molecule has 0 saturated carbocycles. The molecule has 13 heteroatoms. The van der Waals surface area contributed by atoms with Crippen molar-refractivity contribution in [3.8, 4) is 11.1 Å². The fourth-order valence-corrected chi connectivity index (χ4v) is 6.68. The van der Waals surface area contributed by atoms with Gasteiger partial charge in [-0.3, -0.25) is 19.7 Å². The van der Waals surface area contributed by atoms with Crippen molar-refractivity contribution < 1.29 is 22.7 Å². The van der Waals surface area contributed by atoms with Gasteiger partial charge in [-0.1, -0.05) is 42.5 Å². The maximum absolute atomic E-state index is 13.7. The van der Waals surface area contributed by atoms with Crippen LogP contribution in [-0.4, -0.2) is 75.3 Å². The number of H-pyrrole nitrogens is 1. The van der Waals surface area contributed by atoms with Crippen molar-refractivity contribution in [3.05, 3.63) is 83.6 Å². The number of fused-ring (bicyclic) bond motifs is 1. The second kappa shape index (κ2) is 13.7. The molecule has 12 nitrogen and oxygen atoms in total. The number of aryl methyl sites for hydroxylation is 2. The van der Waals surface area contributed by atoms with Gasteiger partial charge in [-0.05, 0) is 60.7 Å². The molecule has 1 unspecified atom stereocenters. The second-order valence-corrected chi connectivity index (χ2v) is 12.1. The first-order valence-electron chi connectivity index (χ1n) is 14.3. The molecular weight excluding hydrogens is 582 g/mol. The zero-order valence-electron chi connectivity index (χ0n) is 24.5. The first-order valence-corrected chi connectivity index (χ1v) is 15.8. The van der Waals surface area contributed by atoms with E-state index in [9.17, 15) is 18.0 Å². The fraction of sp³-hybridized carbons (Fsp3) is 0.290. The molecule has 44 heavy (non-hydrogen) atoms. The predicted octanol–water partition coefficient (Wildman–Crippen LogP) is 2.41. The highest BCUT2D eigenvalue weighted by molar-refractivity contribution is 7.89. The Morgan fingerprint density at radius 3 is 2.52 bits per heavy atom. The molecule has 0 radical (unpaired) electrons. The van der Waals surface area contributed by atoms with Crippen LogP contribution in [0, 0.1) is 13.8 Å². The van der Waals surface area contributed by atoms with Gasteiger partial charge in [-0.15, -0.1) is 0 Å². The van der Waals surface area contributed by atoms with Crippen LogP contribution in [0.3, 0.4) is 0 Å². The molecule has 0 aliphatic carbocycles. The third-order valence-electron chi connectivity index (χ3n) is 7.12. The first kappa shape index (κ1) is 30.7. The number of benzene rings is 3. The first-order chi connectivity index (χ1) is 21.2. The number of carbonyl (C=O) groups is 2. The molecule has 230 valence electrons. The number of nitrogens with one attached hydrogen (secondary N) is 5. The minimum Gasteiger partial charge on any atom is -0.464 e. The van der Waals surface area contributed by atoms with E-state index in [1.165, 1.54) is 0 Å². The van der Waals surface area contributed by atoms with E-state index in [0.29, 0.717) is 42.2 Å². The molecule has 4 aromatic rings. The number of amides is 1. The summed E-state index contributed by atoms with van der Waals surface area (Å²) < 4.78 is 35.4. The third-order valence-corrected chi connectivity index (χ3v) is 8.90. The van der Waals surface area contributed by atoms with E-state index in [-0.39, 0.29) is 18.0 Å². The normalized spacial score (nSPS) is 13.6. The molecule has 1 aliphatic heterocycles. The van der Waals surface area contributed by atoms with Crippen LogP contribution in [-0.2, 0) is 19.6 Å². The lowest BCUT2D eigenvalue weighted by atomic mass is 10.0. The van der Waals surface area contributed by atoms with E-state index >= 15 is 0 Å². The number of esters is 1. The highest BCUT2D eigenvalue weighted by Gasteiger charge is 2.30. The van der Waals surface area contributed by atoms with E-state index in [2.05, 4.69) is 35.9 Å². The number of aromatic nitrogens is 2. The summed E-state index contributed by atoms with van der Waals surface area (Å²) >= 11 is 0. The number of aromatic amines is 1. The minimum atomic E-state index is -4.20. The Bertz CT molecular complexity index is 1760. The fourth-order valence-electron chi connectivity index (χ4n) is 5.04. The van der Waals surface area contributed by atoms with Crippen molar-refractivity contribution in [2.75, 3.05) is 32.8 Å². The number of ether oxygens (including phenoxy) is 1. The predicted molar refractivity (Wildman–Crippen MR) is 168 cm³/mol. The number of aliphatic imine (C=N–C) groups is 1. The van der Waals surface area contributed by atoms with E-state index in [0.717, 1.165) is 28.6 Å². The second-order valence-electron chi connectivity index (χ2n) is 10.5. The van der Waals surface area contributed by atoms with E-state index in [1.54, 1.807) is 50.4 Å². The van der Waals surface area contributed by atoms with Crippen molar-refractivity contribution in [1.82, 2.24) is 30.9 Å². The lowest BCUT2D eigenvalue weighted by Crippen LogP contribution is -2.49. The van der Waals surface area contributed by atoms with Crippen molar-refractivity contribution in [2.45, 2.75) is 31.2 Å². The Morgan fingerprint density at radius 1 is 1.02 bits per heavy atom. The quantitative estimate of drug-likeness (QED) is 0.119. The third kappa shape index (κ3) is 7.41. The van der Waals surface area contributed by atoms with Crippen LogP contribution in [0.1, 0.15) is 27.9 Å². The maximum Gasteiger partial charge on any atom is 0.326 e. The maximum atomic E-state index is 13.7. The summed E-state index contributed by atoms with van der Waals surface area (Å²) in [6.45, 7) is 5.14. The number of guanidine groups is 1. The van der Waals surface area contributed by atoms with Crippen LogP contribution >= 0.6 is 0 Å². The van der Waals surface area contributed by atoms with E-state index in [4.69, 9.17) is 4.74 Å². The minimum absolute atomic E-state index is 0.0479. The van der Waals surface area contributed by atoms with Gasteiger partial charge in [-0.2, -0.15) is 9.82 Å². The highest BCUT2D eigenvalue weighted by atomic mass is 32.2. The highest BCUT2D eigenvalue weighted by Crippen LogP contribution is 2.28. The lowest BCUT2D eigenvalue weighted by Gasteiger charge is -2.20. The average Bonchev–Trinajstić information content (AvgIpc) is 3.70. The average molecular weight is 618 g/mol. The number of nitrogens with zero attached hydrogens (tertiary/aromatic N) is 2. The molecule has 0 saturated heterocycles. The van der Waals surface area contributed by atoms with Crippen molar-refractivity contribution in [1.29, 1.82) is 0 Å². The van der Waals surface area contributed by atoms with Gasteiger partial charge in [0.2, 0.25) is 10.0 Å². The Morgan fingerprint density at radius 2 is 1.80 bits per heavy atom. The summed E-state index contributed by atoms with van der Waals surface area (Å²) in [7, 11) is -4.20. The van der Waals surface area contributed by atoms with Gasteiger partial charge in [0.15, 0.2) is 5.96 Å². The van der Waals surface area contributed by atoms with Crippen LogP contribution < -0.4 is 20.7 Å². The summed E-state index contributed by atoms with van der Waals surface area (Å²) in [4.78, 5) is 30.5. The largest absolute Gasteiger partial charge is 0.464 e. The summed E-state index contributed by atoms with van der Waals surface area (Å²) in [6, 6.07) is 16.9. The summed E-state index contributed by atoms with van der Waals surface area (Å²) in [5, 5.41) is 16.4. The molecule has 0 fully saturated rings. The summed E-state index contributed by atoms with van der Waals surface area (Å²) in [6.07, 6.45) is 2.07. The zero-order valence-corrected chi connectivity index (χ0v) is 25.3. The molecule has 1 amide bonds. The van der Waals surface area contributed by atoms with Crippen LogP contribution in [0.5, 0.6) is 0 Å². The molecule has 1 aliphatic rings. The van der Waals surface area contributed by atoms with Crippen LogP contribution in [0.25, 0.3) is 22.0 Å². The lowest BCUT2D eigenvalue weighted by molar-refractivity contribution is -0.145. The number of carbonyl (C=O) groups excluding carboxylic acids is 2. The number of hydrogen-bond acceptors (Lipinski definition) is 9. The Hall–Kier alpha value is -4.75.